The van der Waals surface area contributed by atoms with E-state index in [9.17, 15) is 4.79 Å². The first-order valence-corrected chi connectivity index (χ1v) is 12.3. The largest absolute Gasteiger partial charge is 0.399 e. The van der Waals surface area contributed by atoms with E-state index in [0.717, 1.165) is 52.6 Å². The van der Waals surface area contributed by atoms with Gasteiger partial charge in [-0.05, 0) is 48.7 Å². The zero-order valence-corrected chi connectivity index (χ0v) is 19.4. The van der Waals surface area contributed by atoms with Crippen molar-refractivity contribution >= 4 is 68.1 Å². The first-order chi connectivity index (χ1) is 14.5. The molecule has 0 aliphatic carbocycles. The Kier molecular flexibility index (Phi) is 7.05. The van der Waals surface area contributed by atoms with Crippen LogP contribution in [0.15, 0.2) is 40.7 Å². The van der Waals surface area contributed by atoms with E-state index < -0.39 is 0 Å². The van der Waals surface area contributed by atoms with Gasteiger partial charge in [0.2, 0.25) is 5.91 Å². The van der Waals surface area contributed by atoms with E-state index in [1.807, 2.05) is 36.4 Å². The first-order valence-electron chi connectivity index (χ1n) is 9.71. The summed E-state index contributed by atoms with van der Waals surface area (Å²) < 4.78 is 1.98. The van der Waals surface area contributed by atoms with Crippen LogP contribution in [0, 0.1) is 0 Å². The van der Waals surface area contributed by atoms with Crippen molar-refractivity contribution in [1.82, 2.24) is 15.2 Å². The number of hydrogen-bond donors (Lipinski definition) is 2. The van der Waals surface area contributed by atoms with Gasteiger partial charge >= 0.3 is 0 Å². The molecule has 0 saturated carbocycles. The van der Waals surface area contributed by atoms with Gasteiger partial charge in [-0.3, -0.25) is 9.69 Å². The van der Waals surface area contributed by atoms with Gasteiger partial charge in [0, 0.05) is 31.4 Å². The van der Waals surface area contributed by atoms with Gasteiger partial charge < -0.3 is 11.1 Å². The number of halogens is 2. The molecule has 1 aliphatic heterocycles. The summed E-state index contributed by atoms with van der Waals surface area (Å²) in [7, 11) is 0. The second-order valence-electron chi connectivity index (χ2n) is 7.36. The van der Waals surface area contributed by atoms with E-state index in [2.05, 4.69) is 15.2 Å². The third-order valence-electron chi connectivity index (χ3n) is 5.06. The van der Waals surface area contributed by atoms with E-state index in [1.165, 1.54) is 11.8 Å². The van der Waals surface area contributed by atoms with Gasteiger partial charge in [-0.25, -0.2) is 4.98 Å². The number of carbonyl (C=O) groups is 1. The van der Waals surface area contributed by atoms with Crippen LogP contribution in [0.2, 0.25) is 10.0 Å². The number of thioether (sulfide) groups is 1. The van der Waals surface area contributed by atoms with Crippen LogP contribution in [0.25, 0.3) is 10.2 Å². The van der Waals surface area contributed by atoms with E-state index in [0.29, 0.717) is 21.5 Å². The number of benzene rings is 2. The highest BCUT2D eigenvalue weighted by molar-refractivity contribution is 8.01. The standard InChI is InChI=1S/C21H22Cl2N4OS2/c22-16-3-1-13(9-17(16)23)11-27-7-5-15(6-8-27)25-20(28)12-29-21-26-18-10-14(24)2-4-19(18)30-21/h1-4,9-10,15H,5-8,11-12,24H2,(H,25,28). The fourth-order valence-electron chi connectivity index (χ4n) is 3.51. The molecule has 158 valence electrons. The highest BCUT2D eigenvalue weighted by atomic mass is 35.5. The van der Waals surface area contributed by atoms with Gasteiger partial charge in [-0.2, -0.15) is 0 Å². The Morgan fingerprint density at radius 3 is 2.77 bits per heavy atom. The van der Waals surface area contributed by atoms with Crippen LogP contribution in [0.5, 0.6) is 0 Å². The molecule has 0 spiro atoms. The lowest BCUT2D eigenvalue weighted by Crippen LogP contribution is -2.44. The number of nitrogen functional groups attached to an aromatic ring is 1. The number of hydrogen-bond acceptors (Lipinski definition) is 6. The average molecular weight is 481 g/mol. The Hall–Kier alpha value is -1.51. The van der Waals surface area contributed by atoms with Gasteiger partial charge in [0.25, 0.3) is 0 Å². The maximum absolute atomic E-state index is 12.4. The van der Waals surface area contributed by atoms with E-state index >= 15 is 0 Å². The zero-order chi connectivity index (χ0) is 21.1. The Balaban J connectivity index is 1.21. The number of fused-ring (bicyclic) bond motifs is 1. The smallest absolute Gasteiger partial charge is 0.230 e. The molecule has 4 rings (SSSR count). The Bertz CT molecular complexity index is 1050. The molecule has 1 fully saturated rings. The number of aromatic nitrogens is 1. The average Bonchev–Trinajstić information content (AvgIpc) is 3.13. The van der Waals surface area contributed by atoms with Gasteiger partial charge in [-0.1, -0.05) is 41.0 Å². The molecule has 1 aliphatic rings. The van der Waals surface area contributed by atoms with Crippen LogP contribution in [0.4, 0.5) is 5.69 Å². The van der Waals surface area contributed by atoms with Gasteiger partial charge in [0.05, 0.1) is 26.0 Å². The summed E-state index contributed by atoms with van der Waals surface area (Å²) in [6.07, 6.45) is 1.89. The number of anilines is 1. The number of likely N-dealkylation sites (tertiary alicyclic amines) is 1. The van der Waals surface area contributed by atoms with Crippen molar-refractivity contribution < 1.29 is 4.79 Å². The second kappa shape index (κ2) is 9.75. The van der Waals surface area contributed by atoms with Crippen molar-refractivity contribution in [3.63, 3.8) is 0 Å². The van der Waals surface area contributed by atoms with Crippen molar-refractivity contribution in [1.29, 1.82) is 0 Å². The number of piperidine rings is 1. The molecular formula is C21H22Cl2N4OS2. The summed E-state index contributed by atoms with van der Waals surface area (Å²) in [5.41, 5.74) is 8.55. The zero-order valence-electron chi connectivity index (χ0n) is 16.2. The van der Waals surface area contributed by atoms with Crippen LogP contribution in [-0.4, -0.2) is 40.7 Å². The Labute approximate surface area is 193 Å². The predicted molar refractivity (Wildman–Crippen MR) is 128 cm³/mol. The normalized spacial score (nSPS) is 15.5. The van der Waals surface area contributed by atoms with Crippen LogP contribution in [-0.2, 0) is 11.3 Å². The van der Waals surface area contributed by atoms with Crippen molar-refractivity contribution in [2.24, 2.45) is 0 Å². The van der Waals surface area contributed by atoms with Crippen molar-refractivity contribution in [3.8, 4) is 0 Å². The minimum Gasteiger partial charge on any atom is -0.399 e. The fourth-order valence-corrected chi connectivity index (χ4v) is 5.69. The molecule has 2 aromatic carbocycles. The molecule has 5 nitrogen and oxygen atoms in total. The number of thiazole rings is 1. The van der Waals surface area contributed by atoms with Crippen LogP contribution >= 0.6 is 46.3 Å². The molecular weight excluding hydrogens is 459 g/mol. The molecule has 2 heterocycles. The number of nitrogens with one attached hydrogen (secondary N) is 1. The third kappa shape index (κ3) is 5.59. The minimum atomic E-state index is 0.0571. The van der Waals surface area contributed by atoms with Gasteiger partial charge in [-0.15, -0.1) is 11.3 Å². The number of nitrogens with zero attached hydrogens (tertiary/aromatic N) is 2. The quantitative estimate of drug-likeness (QED) is 0.381. The molecule has 0 unspecified atom stereocenters. The van der Waals surface area contributed by atoms with Gasteiger partial charge in [0.1, 0.15) is 0 Å². The first kappa shape index (κ1) is 21.7. The monoisotopic (exact) mass is 480 g/mol. The highest BCUT2D eigenvalue weighted by Gasteiger charge is 2.21. The molecule has 3 N–H and O–H groups in total. The fraction of sp³-hybridized carbons (Fsp3) is 0.333. The SMILES string of the molecule is Nc1ccc2sc(SCC(=O)NC3CCN(Cc4ccc(Cl)c(Cl)c4)CC3)nc2c1. The summed E-state index contributed by atoms with van der Waals surface area (Å²) in [6, 6.07) is 11.7. The summed E-state index contributed by atoms with van der Waals surface area (Å²) in [5, 5.41) is 4.33. The van der Waals surface area contributed by atoms with Crippen molar-refractivity contribution in [2.45, 2.75) is 29.8 Å². The maximum atomic E-state index is 12.4. The number of amides is 1. The molecule has 1 saturated heterocycles. The number of nitrogens with two attached hydrogens (primary N) is 1. The van der Waals surface area contributed by atoms with E-state index in [1.54, 1.807) is 11.3 Å². The summed E-state index contributed by atoms with van der Waals surface area (Å²) in [4.78, 5) is 19.3. The van der Waals surface area contributed by atoms with Crippen molar-refractivity contribution in [3.05, 3.63) is 52.0 Å². The van der Waals surface area contributed by atoms with Crippen molar-refractivity contribution in [2.75, 3.05) is 24.6 Å². The highest BCUT2D eigenvalue weighted by Crippen LogP contribution is 2.30. The van der Waals surface area contributed by atoms with E-state index in [-0.39, 0.29) is 11.9 Å². The maximum Gasteiger partial charge on any atom is 0.230 e. The predicted octanol–water partition coefficient (Wildman–Crippen LogP) is 5.06. The topological polar surface area (TPSA) is 71.2 Å². The number of carbonyl (C=O) groups excluding carboxylic acids is 1. The molecule has 0 bridgehead atoms. The van der Waals surface area contributed by atoms with Gasteiger partial charge in [0.15, 0.2) is 4.34 Å². The summed E-state index contributed by atoms with van der Waals surface area (Å²) in [6.45, 7) is 2.73. The molecule has 0 atom stereocenters. The molecule has 1 aromatic heterocycles. The minimum absolute atomic E-state index is 0.0571. The molecule has 1 amide bonds. The van der Waals surface area contributed by atoms with Crippen LogP contribution < -0.4 is 11.1 Å². The molecule has 0 radical (unpaired) electrons. The van der Waals surface area contributed by atoms with Crippen LogP contribution in [0.3, 0.4) is 0 Å². The molecule has 9 heteroatoms. The molecule has 30 heavy (non-hydrogen) atoms. The summed E-state index contributed by atoms with van der Waals surface area (Å²) >= 11 is 15.2. The lowest BCUT2D eigenvalue weighted by molar-refractivity contribution is -0.119. The summed E-state index contributed by atoms with van der Waals surface area (Å²) in [5.74, 6) is 0.431. The van der Waals surface area contributed by atoms with E-state index in [4.69, 9.17) is 28.9 Å². The number of rotatable bonds is 6. The molecule has 3 aromatic rings. The Morgan fingerprint density at radius 1 is 1.20 bits per heavy atom. The van der Waals surface area contributed by atoms with Crippen LogP contribution in [0.1, 0.15) is 18.4 Å². The lowest BCUT2D eigenvalue weighted by Gasteiger charge is -2.32. The Morgan fingerprint density at radius 2 is 2.00 bits per heavy atom. The second-order valence-corrected chi connectivity index (χ2v) is 10.4. The third-order valence-corrected chi connectivity index (χ3v) is 7.98. The lowest BCUT2D eigenvalue weighted by atomic mass is 10.0.